The van der Waals surface area contributed by atoms with Crippen LogP contribution in [0.25, 0.3) is 0 Å². The number of methoxy groups -OCH3 is 1. The lowest BCUT2D eigenvalue weighted by Crippen LogP contribution is -2.35. The molecule has 25 heavy (non-hydrogen) atoms. The second kappa shape index (κ2) is 6.74. The normalized spacial score (nSPS) is 26.2. The number of amides is 1. The van der Waals surface area contributed by atoms with Crippen LogP contribution in [0.4, 0.5) is 23.7 Å². The first-order valence-corrected chi connectivity index (χ1v) is 8.17. The summed E-state index contributed by atoms with van der Waals surface area (Å²) in [6.07, 6.45) is -5.49. The Labute approximate surface area is 143 Å². The van der Waals surface area contributed by atoms with Crippen molar-refractivity contribution in [3.8, 4) is 5.75 Å². The molecule has 1 amide bonds. The fourth-order valence-electron chi connectivity index (χ4n) is 3.24. The Morgan fingerprint density at radius 1 is 1.32 bits per heavy atom. The van der Waals surface area contributed by atoms with Crippen LogP contribution in [0.3, 0.4) is 0 Å². The van der Waals surface area contributed by atoms with Crippen LogP contribution in [0.1, 0.15) is 31.7 Å². The lowest BCUT2D eigenvalue weighted by atomic mass is 9.98. The van der Waals surface area contributed by atoms with Crippen molar-refractivity contribution in [1.82, 2.24) is 0 Å². The predicted molar refractivity (Wildman–Crippen MR) is 83.7 cm³/mol. The van der Waals surface area contributed by atoms with Crippen LogP contribution < -0.4 is 9.64 Å². The van der Waals surface area contributed by atoms with Gasteiger partial charge in [-0.15, -0.1) is 0 Å². The maximum atomic E-state index is 12.4. The Morgan fingerprint density at radius 2 is 2.08 bits per heavy atom. The monoisotopic (exact) mass is 359 g/mol. The van der Waals surface area contributed by atoms with E-state index in [9.17, 15) is 18.0 Å². The molecule has 2 aliphatic heterocycles. The van der Waals surface area contributed by atoms with E-state index in [0.29, 0.717) is 24.3 Å². The summed E-state index contributed by atoms with van der Waals surface area (Å²) in [7, 11) is 1.47. The van der Waals surface area contributed by atoms with Crippen LogP contribution in [-0.2, 0) is 15.9 Å². The minimum absolute atomic E-state index is 0.0459. The lowest BCUT2D eigenvalue weighted by molar-refractivity contribution is -0.139. The number of hydrogen-bond acceptors (Lipinski definition) is 4. The molecule has 0 saturated carbocycles. The Morgan fingerprint density at radius 3 is 2.72 bits per heavy atom. The molecule has 0 bridgehead atoms. The van der Waals surface area contributed by atoms with Crippen molar-refractivity contribution in [3.63, 3.8) is 0 Å². The van der Waals surface area contributed by atoms with Gasteiger partial charge >= 0.3 is 12.3 Å². The third-order valence-electron chi connectivity index (χ3n) is 4.55. The van der Waals surface area contributed by atoms with Crippen LogP contribution in [0.2, 0.25) is 0 Å². The number of cyclic esters (lactones) is 1. The lowest BCUT2D eigenvalue weighted by Gasteiger charge is -2.28. The van der Waals surface area contributed by atoms with Gasteiger partial charge in [-0.2, -0.15) is 13.2 Å². The van der Waals surface area contributed by atoms with Gasteiger partial charge in [0.15, 0.2) is 0 Å². The summed E-state index contributed by atoms with van der Waals surface area (Å²) >= 11 is 0. The summed E-state index contributed by atoms with van der Waals surface area (Å²) in [5.74, 6) is 0.575. The second-order valence-corrected chi connectivity index (χ2v) is 6.32. The number of rotatable bonds is 4. The van der Waals surface area contributed by atoms with E-state index >= 15 is 0 Å². The number of alkyl halides is 3. The standard InChI is InChI=1S/C17H20F3NO4/c1-10-15(23-2)25-16(22)21(10)12-4-6-14-11(9-12)3-5-13(24-14)7-8-17(18,19)20/h4,6,9-10,13,15H,3,5,7-8H2,1-2H3/t10?,13?,15-/m1/s1. The predicted octanol–water partition coefficient (Wildman–Crippen LogP) is 4.04. The molecule has 2 unspecified atom stereocenters. The van der Waals surface area contributed by atoms with Crippen molar-refractivity contribution in [2.75, 3.05) is 12.0 Å². The molecule has 5 nitrogen and oxygen atoms in total. The van der Waals surface area contributed by atoms with Crippen LogP contribution in [-0.4, -0.2) is 37.8 Å². The van der Waals surface area contributed by atoms with Gasteiger partial charge in [0.2, 0.25) is 6.29 Å². The van der Waals surface area contributed by atoms with Gasteiger partial charge in [0.05, 0.1) is 6.10 Å². The Bertz CT molecular complexity index is 649. The van der Waals surface area contributed by atoms with Crippen molar-refractivity contribution in [2.24, 2.45) is 0 Å². The molecule has 1 aromatic carbocycles. The highest BCUT2D eigenvalue weighted by Gasteiger charge is 2.40. The average molecular weight is 359 g/mol. The molecule has 3 rings (SSSR count). The highest BCUT2D eigenvalue weighted by Crippen LogP contribution is 2.36. The summed E-state index contributed by atoms with van der Waals surface area (Å²) in [4.78, 5) is 13.5. The molecule has 2 heterocycles. The Kier molecular flexibility index (Phi) is 4.81. The zero-order chi connectivity index (χ0) is 18.2. The Balaban J connectivity index is 1.71. The molecule has 3 atom stereocenters. The highest BCUT2D eigenvalue weighted by molar-refractivity contribution is 5.90. The van der Waals surface area contributed by atoms with Crippen LogP contribution in [0.5, 0.6) is 5.75 Å². The molecule has 1 aromatic rings. The van der Waals surface area contributed by atoms with Crippen molar-refractivity contribution in [3.05, 3.63) is 23.8 Å². The van der Waals surface area contributed by atoms with Crippen LogP contribution >= 0.6 is 0 Å². The number of ether oxygens (including phenoxy) is 3. The number of fused-ring (bicyclic) bond motifs is 1. The van der Waals surface area contributed by atoms with Crippen molar-refractivity contribution >= 4 is 11.8 Å². The minimum atomic E-state index is -4.17. The molecule has 138 valence electrons. The SMILES string of the molecule is CO[C@@H]1OC(=O)N(c2ccc3c(c2)CCC(CCC(F)(F)F)O3)C1C. The fraction of sp³-hybridized carbons (Fsp3) is 0.588. The molecule has 0 spiro atoms. The maximum absolute atomic E-state index is 12.4. The molecule has 1 fully saturated rings. The summed E-state index contributed by atoms with van der Waals surface area (Å²) in [5.41, 5.74) is 1.54. The third kappa shape index (κ3) is 3.84. The largest absolute Gasteiger partial charge is 0.490 e. The van der Waals surface area contributed by atoms with E-state index in [4.69, 9.17) is 14.2 Å². The Hall–Kier alpha value is -1.96. The fourth-order valence-corrected chi connectivity index (χ4v) is 3.24. The number of hydrogen-bond donors (Lipinski definition) is 0. The molecular weight excluding hydrogens is 339 g/mol. The van der Waals surface area contributed by atoms with Gasteiger partial charge in [0.25, 0.3) is 0 Å². The summed E-state index contributed by atoms with van der Waals surface area (Å²) in [6, 6.07) is 4.95. The molecule has 2 aliphatic rings. The molecule has 1 saturated heterocycles. The number of carbonyl (C=O) groups excluding carboxylic acids is 1. The molecule has 0 N–H and O–H groups in total. The van der Waals surface area contributed by atoms with Gasteiger partial charge in [0, 0.05) is 19.2 Å². The summed E-state index contributed by atoms with van der Waals surface area (Å²) in [6.45, 7) is 1.82. The van der Waals surface area contributed by atoms with Gasteiger partial charge < -0.3 is 14.2 Å². The summed E-state index contributed by atoms with van der Waals surface area (Å²) < 4.78 is 53.0. The van der Waals surface area contributed by atoms with Gasteiger partial charge in [-0.25, -0.2) is 4.79 Å². The first-order chi connectivity index (χ1) is 11.8. The first-order valence-electron chi connectivity index (χ1n) is 8.17. The van der Waals surface area contributed by atoms with Crippen molar-refractivity contribution in [1.29, 1.82) is 0 Å². The number of nitrogens with zero attached hydrogens (tertiary/aromatic N) is 1. The third-order valence-corrected chi connectivity index (χ3v) is 4.55. The van der Waals surface area contributed by atoms with Gasteiger partial charge in [0.1, 0.15) is 11.8 Å². The topological polar surface area (TPSA) is 48.0 Å². The minimum Gasteiger partial charge on any atom is -0.490 e. The highest BCUT2D eigenvalue weighted by atomic mass is 19.4. The molecule has 0 aromatic heterocycles. The van der Waals surface area contributed by atoms with Gasteiger partial charge in [-0.3, -0.25) is 4.90 Å². The van der Waals surface area contributed by atoms with E-state index in [1.165, 1.54) is 12.0 Å². The van der Waals surface area contributed by atoms with E-state index < -0.39 is 31.1 Å². The second-order valence-electron chi connectivity index (χ2n) is 6.32. The molecule has 0 aliphatic carbocycles. The van der Waals surface area contributed by atoms with Gasteiger partial charge in [-0.05, 0) is 49.9 Å². The zero-order valence-electron chi connectivity index (χ0n) is 14.0. The number of aryl methyl sites for hydroxylation is 1. The van der Waals surface area contributed by atoms with E-state index in [-0.39, 0.29) is 12.5 Å². The average Bonchev–Trinajstić information content (AvgIpc) is 2.85. The number of halogens is 3. The number of benzene rings is 1. The summed E-state index contributed by atoms with van der Waals surface area (Å²) in [5, 5.41) is 0. The molecule has 0 radical (unpaired) electrons. The quantitative estimate of drug-likeness (QED) is 0.814. The van der Waals surface area contributed by atoms with E-state index in [1.807, 2.05) is 13.0 Å². The van der Waals surface area contributed by atoms with Crippen molar-refractivity contribution in [2.45, 2.75) is 57.2 Å². The first kappa shape index (κ1) is 17.8. The van der Waals surface area contributed by atoms with Gasteiger partial charge in [-0.1, -0.05) is 0 Å². The van der Waals surface area contributed by atoms with E-state index in [0.717, 1.165) is 5.56 Å². The van der Waals surface area contributed by atoms with E-state index in [1.54, 1.807) is 12.1 Å². The zero-order valence-corrected chi connectivity index (χ0v) is 14.0. The smallest absolute Gasteiger partial charge is 0.417 e. The number of carbonyl (C=O) groups is 1. The van der Waals surface area contributed by atoms with Crippen LogP contribution in [0.15, 0.2) is 18.2 Å². The molecule has 8 heteroatoms. The van der Waals surface area contributed by atoms with Crippen molar-refractivity contribution < 1.29 is 32.2 Å². The number of anilines is 1. The molecular formula is C17H20F3NO4. The van der Waals surface area contributed by atoms with Crippen LogP contribution in [0, 0.1) is 0 Å². The van der Waals surface area contributed by atoms with E-state index in [2.05, 4.69) is 0 Å². The maximum Gasteiger partial charge on any atom is 0.417 e.